The van der Waals surface area contributed by atoms with E-state index in [-0.39, 0.29) is 21.1 Å². The van der Waals surface area contributed by atoms with E-state index in [4.69, 9.17) is 4.79 Å². The number of hydrogen-bond donors (Lipinski definition) is 0. The van der Waals surface area contributed by atoms with Crippen LogP contribution in [0.5, 0.6) is 0 Å². The van der Waals surface area contributed by atoms with Crippen LogP contribution < -0.4 is 0 Å². The SMILES string of the molecule is CC[C-]=O.[W+2]. The van der Waals surface area contributed by atoms with Crippen molar-refractivity contribution < 1.29 is 25.9 Å². The van der Waals surface area contributed by atoms with E-state index in [1.165, 1.54) is 0 Å². The van der Waals surface area contributed by atoms with E-state index in [2.05, 4.69) is 0 Å². The Hall–Kier alpha value is 0.358. The van der Waals surface area contributed by atoms with Gasteiger partial charge in [-0.2, -0.15) is 6.42 Å². The molecular formula is C3H5OW+. The summed E-state index contributed by atoms with van der Waals surface area (Å²) < 4.78 is 0. The van der Waals surface area contributed by atoms with Gasteiger partial charge in [0.05, 0.1) is 0 Å². The van der Waals surface area contributed by atoms with E-state index >= 15 is 0 Å². The number of carbonyl (C=O) groups excluding carboxylic acids is 1. The molecule has 0 rings (SSSR count). The van der Waals surface area contributed by atoms with Crippen molar-refractivity contribution in [2.24, 2.45) is 0 Å². The van der Waals surface area contributed by atoms with Gasteiger partial charge in [0.1, 0.15) is 0 Å². The summed E-state index contributed by atoms with van der Waals surface area (Å²) in [5.74, 6) is 0. The molecule has 0 aromatic rings. The molecule has 0 saturated heterocycles. The second-order valence-electron chi connectivity index (χ2n) is 0.498. The molecule has 0 aliphatic heterocycles. The molecule has 0 heterocycles. The minimum Gasteiger partial charge on any atom is -0.542 e. The number of hydrogen-bond acceptors (Lipinski definition) is 1. The smallest absolute Gasteiger partial charge is 0.542 e. The second-order valence-corrected chi connectivity index (χ2v) is 0.498. The average molecular weight is 241 g/mol. The molecule has 0 aromatic carbocycles. The molecule has 1 nitrogen and oxygen atoms in total. The minimum atomic E-state index is 0. The van der Waals surface area contributed by atoms with Crippen molar-refractivity contribution in [1.29, 1.82) is 0 Å². The van der Waals surface area contributed by atoms with Gasteiger partial charge in [0.25, 0.3) is 0 Å². The molecule has 0 saturated carbocycles. The van der Waals surface area contributed by atoms with Gasteiger partial charge in [-0.15, -0.1) is 0 Å². The van der Waals surface area contributed by atoms with Crippen LogP contribution in [0.1, 0.15) is 13.3 Å². The third kappa shape index (κ3) is 13.1. The Morgan fingerprint density at radius 2 is 2.00 bits per heavy atom. The topological polar surface area (TPSA) is 17.1 Å². The van der Waals surface area contributed by atoms with Gasteiger partial charge in [0.15, 0.2) is 0 Å². The zero-order chi connectivity index (χ0) is 3.41. The molecule has 0 radical (unpaired) electrons. The fraction of sp³-hybridized carbons (Fsp3) is 0.667. The zero-order valence-corrected chi connectivity index (χ0v) is 5.96. The summed E-state index contributed by atoms with van der Waals surface area (Å²) in [6.45, 7) is 1.76. The predicted octanol–water partition coefficient (Wildman–Crippen LogP) is 0.504. The Balaban J connectivity index is 0. The predicted molar refractivity (Wildman–Crippen MR) is 16.0 cm³/mol. The summed E-state index contributed by atoms with van der Waals surface area (Å²) in [4.78, 5) is 9.05. The van der Waals surface area contributed by atoms with Crippen LogP contribution in [-0.4, -0.2) is 6.29 Å². The van der Waals surface area contributed by atoms with E-state index in [1.807, 2.05) is 0 Å². The number of rotatable bonds is 1. The van der Waals surface area contributed by atoms with Gasteiger partial charge < -0.3 is 4.79 Å². The van der Waals surface area contributed by atoms with E-state index in [1.54, 1.807) is 13.2 Å². The average Bonchev–Trinajstić information content (AvgIpc) is 1.37. The van der Waals surface area contributed by atoms with Crippen LogP contribution in [0.3, 0.4) is 0 Å². The Morgan fingerprint density at radius 3 is 2.00 bits per heavy atom. The fourth-order valence-electron chi connectivity index (χ4n) is 0. The first kappa shape index (κ1) is 9.02. The van der Waals surface area contributed by atoms with Gasteiger partial charge in [0, 0.05) is 0 Å². The molecule has 0 N–H and O–H groups in total. The molecule has 0 aliphatic carbocycles. The molecule has 0 bridgehead atoms. The molecule has 0 amide bonds. The summed E-state index contributed by atoms with van der Waals surface area (Å²) in [6.07, 6.45) is 2.19. The van der Waals surface area contributed by atoms with Crippen LogP contribution in [0.15, 0.2) is 0 Å². The first-order valence-corrected chi connectivity index (χ1v) is 1.26. The van der Waals surface area contributed by atoms with E-state index in [9.17, 15) is 0 Å². The maximum Gasteiger partial charge on any atom is 2.00 e. The Kier molecular flexibility index (Phi) is 16.0. The summed E-state index contributed by atoms with van der Waals surface area (Å²) >= 11 is 0. The summed E-state index contributed by atoms with van der Waals surface area (Å²) in [5.41, 5.74) is 0. The summed E-state index contributed by atoms with van der Waals surface area (Å²) in [5, 5.41) is 0. The molecule has 0 aliphatic rings. The van der Waals surface area contributed by atoms with Crippen molar-refractivity contribution in [2.75, 3.05) is 0 Å². The van der Waals surface area contributed by atoms with Crippen LogP contribution in [-0.2, 0) is 25.9 Å². The maximum absolute atomic E-state index is 9.05. The van der Waals surface area contributed by atoms with E-state index in [0.29, 0.717) is 6.42 Å². The van der Waals surface area contributed by atoms with Crippen molar-refractivity contribution in [3.63, 3.8) is 0 Å². The van der Waals surface area contributed by atoms with Gasteiger partial charge in [0.2, 0.25) is 0 Å². The van der Waals surface area contributed by atoms with Crippen molar-refractivity contribution in [3.8, 4) is 0 Å². The van der Waals surface area contributed by atoms with Gasteiger partial charge in [-0.05, 0) is 0 Å². The van der Waals surface area contributed by atoms with Gasteiger partial charge in [-0.25, -0.2) is 0 Å². The second kappa shape index (κ2) is 8.84. The quantitative estimate of drug-likeness (QED) is 0.611. The Bertz CT molecular complexity index is 20.9. The normalized spacial score (nSPS) is 5.00. The van der Waals surface area contributed by atoms with E-state index in [0.717, 1.165) is 0 Å². The first-order valence-electron chi connectivity index (χ1n) is 1.26. The van der Waals surface area contributed by atoms with Crippen LogP contribution in [0.2, 0.25) is 0 Å². The summed E-state index contributed by atoms with van der Waals surface area (Å²) in [7, 11) is 0. The molecule has 0 atom stereocenters. The molecule has 0 unspecified atom stereocenters. The van der Waals surface area contributed by atoms with Crippen molar-refractivity contribution in [2.45, 2.75) is 13.3 Å². The third-order valence-electron chi connectivity index (χ3n) is 0.144. The zero-order valence-electron chi connectivity index (χ0n) is 3.02. The van der Waals surface area contributed by atoms with Crippen molar-refractivity contribution in [1.82, 2.24) is 0 Å². The largest absolute Gasteiger partial charge is 2.00 e. The van der Waals surface area contributed by atoms with E-state index < -0.39 is 0 Å². The van der Waals surface area contributed by atoms with Gasteiger partial charge in [-0.3, -0.25) is 6.29 Å². The fourth-order valence-corrected chi connectivity index (χ4v) is 0. The third-order valence-corrected chi connectivity index (χ3v) is 0.144. The summed E-state index contributed by atoms with van der Waals surface area (Å²) in [6, 6.07) is 0. The van der Waals surface area contributed by atoms with Gasteiger partial charge in [-0.1, -0.05) is 6.92 Å². The van der Waals surface area contributed by atoms with Gasteiger partial charge >= 0.3 is 21.1 Å². The molecule has 0 fully saturated rings. The Labute approximate surface area is 46.0 Å². The minimum absolute atomic E-state index is 0. The molecule has 0 aromatic heterocycles. The van der Waals surface area contributed by atoms with Crippen LogP contribution in [0.25, 0.3) is 0 Å². The van der Waals surface area contributed by atoms with Crippen molar-refractivity contribution in [3.05, 3.63) is 0 Å². The van der Waals surface area contributed by atoms with Crippen LogP contribution >= 0.6 is 0 Å². The maximum atomic E-state index is 9.05. The molecule has 2 heteroatoms. The molecular weight excluding hydrogens is 236 g/mol. The van der Waals surface area contributed by atoms with Crippen molar-refractivity contribution >= 4 is 6.29 Å². The standard InChI is InChI=1S/C3H5O.W/c1-2-3-4;/h2H2,1H3;/q-1;+2. The Morgan fingerprint density at radius 1 is 1.80 bits per heavy atom. The molecule has 28 valence electrons. The molecule has 0 spiro atoms. The van der Waals surface area contributed by atoms with Crippen LogP contribution in [0.4, 0.5) is 0 Å². The van der Waals surface area contributed by atoms with Crippen LogP contribution in [0, 0.1) is 0 Å². The first-order chi connectivity index (χ1) is 1.91. The monoisotopic (exact) mass is 241 g/mol. The molecule has 5 heavy (non-hydrogen) atoms.